The average Bonchev–Trinajstić information content (AvgIpc) is 2.87. The summed E-state index contributed by atoms with van der Waals surface area (Å²) in [4.78, 5) is 12.7. The van der Waals surface area contributed by atoms with E-state index in [2.05, 4.69) is 10.6 Å². The normalized spacial score (nSPS) is 17.6. The summed E-state index contributed by atoms with van der Waals surface area (Å²) in [5.41, 5.74) is 1.76. The number of rotatable bonds is 10. The second-order valence-electron chi connectivity index (χ2n) is 10.7. The Morgan fingerprint density at radius 2 is 1.75 bits per heavy atom. The van der Waals surface area contributed by atoms with Crippen LogP contribution in [0, 0.1) is 11.6 Å². The fourth-order valence-corrected chi connectivity index (χ4v) is 4.80. The van der Waals surface area contributed by atoms with Crippen molar-refractivity contribution in [2.45, 2.75) is 64.0 Å². The van der Waals surface area contributed by atoms with Crippen molar-refractivity contribution in [3.05, 3.63) is 95.1 Å². The number of ether oxygens (including phenoxy) is 3. The van der Waals surface area contributed by atoms with Crippen molar-refractivity contribution in [3.63, 3.8) is 0 Å². The van der Waals surface area contributed by atoms with Gasteiger partial charge in [-0.2, -0.15) is 0 Å². The van der Waals surface area contributed by atoms with Gasteiger partial charge in [0.1, 0.15) is 23.1 Å². The zero-order valence-electron chi connectivity index (χ0n) is 23.1. The predicted octanol–water partition coefficient (Wildman–Crippen LogP) is 5.41. The lowest BCUT2D eigenvalue weighted by molar-refractivity contribution is -0.0487. The molecule has 40 heavy (non-hydrogen) atoms. The molecule has 0 fully saturated rings. The second kappa shape index (κ2) is 12.8. The van der Waals surface area contributed by atoms with Crippen LogP contribution in [-0.2, 0) is 16.8 Å². The third-order valence-electron chi connectivity index (χ3n) is 6.70. The maximum atomic E-state index is 13.9. The smallest absolute Gasteiger partial charge is 0.412 e. The summed E-state index contributed by atoms with van der Waals surface area (Å²) in [5, 5.41) is 17.2. The lowest BCUT2D eigenvalue weighted by Gasteiger charge is -2.38. The minimum atomic E-state index is -1.14. The molecule has 3 N–H and O–H groups in total. The van der Waals surface area contributed by atoms with E-state index in [4.69, 9.17) is 14.2 Å². The van der Waals surface area contributed by atoms with Crippen LogP contribution in [0.2, 0.25) is 0 Å². The number of aliphatic hydroxyl groups is 1. The molecule has 3 aromatic rings. The quantitative estimate of drug-likeness (QED) is 0.311. The number of aliphatic hydroxyl groups excluding tert-OH is 1. The second-order valence-corrected chi connectivity index (χ2v) is 10.7. The molecule has 0 bridgehead atoms. The van der Waals surface area contributed by atoms with E-state index in [0.29, 0.717) is 12.4 Å². The minimum Gasteiger partial charge on any atom is -0.491 e. The van der Waals surface area contributed by atoms with Crippen LogP contribution < -0.4 is 20.1 Å². The lowest BCUT2D eigenvalue weighted by Crippen LogP contribution is -2.50. The monoisotopic (exact) mass is 554 g/mol. The Morgan fingerprint density at radius 3 is 2.42 bits per heavy atom. The van der Waals surface area contributed by atoms with Crippen molar-refractivity contribution in [1.82, 2.24) is 10.6 Å². The van der Waals surface area contributed by atoms with Gasteiger partial charge in [-0.3, -0.25) is 0 Å². The van der Waals surface area contributed by atoms with E-state index >= 15 is 0 Å². The van der Waals surface area contributed by atoms with Crippen LogP contribution in [0.5, 0.6) is 11.5 Å². The third-order valence-corrected chi connectivity index (χ3v) is 6.70. The van der Waals surface area contributed by atoms with Crippen LogP contribution in [0.25, 0.3) is 0 Å². The Kier molecular flexibility index (Phi) is 9.40. The van der Waals surface area contributed by atoms with Gasteiger partial charge in [0.15, 0.2) is 0 Å². The Labute approximate surface area is 233 Å². The van der Waals surface area contributed by atoms with Crippen molar-refractivity contribution >= 4 is 6.09 Å². The van der Waals surface area contributed by atoms with E-state index < -0.39 is 35.5 Å². The summed E-state index contributed by atoms with van der Waals surface area (Å²) in [7, 11) is 0. The van der Waals surface area contributed by atoms with E-state index in [-0.39, 0.29) is 30.7 Å². The van der Waals surface area contributed by atoms with Crippen LogP contribution in [0.3, 0.4) is 0 Å². The van der Waals surface area contributed by atoms with Crippen molar-refractivity contribution in [2.75, 3.05) is 13.2 Å². The number of halogens is 2. The predicted molar refractivity (Wildman–Crippen MR) is 147 cm³/mol. The van der Waals surface area contributed by atoms with E-state index in [1.54, 1.807) is 30.3 Å². The van der Waals surface area contributed by atoms with Gasteiger partial charge in [-0.1, -0.05) is 24.3 Å². The van der Waals surface area contributed by atoms with E-state index in [1.165, 1.54) is 12.1 Å². The number of hydrogen-bond donors (Lipinski definition) is 3. The molecular formula is C31H36F2N2O5. The average molecular weight is 555 g/mol. The van der Waals surface area contributed by atoms with Gasteiger partial charge in [0.2, 0.25) is 0 Å². The first-order chi connectivity index (χ1) is 19.0. The van der Waals surface area contributed by atoms with Gasteiger partial charge in [-0.15, -0.1) is 0 Å². The van der Waals surface area contributed by atoms with E-state index in [0.717, 1.165) is 22.9 Å². The Balaban J connectivity index is 1.51. The molecule has 3 atom stereocenters. The number of para-hydroxylation sites is 1. The molecule has 3 unspecified atom stereocenters. The molecule has 4 rings (SSSR count). The Hall–Kier alpha value is -3.53. The molecule has 0 saturated carbocycles. The number of hydrogen-bond acceptors (Lipinski definition) is 6. The fourth-order valence-electron chi connectivity index (χ4n) is 4.80. The van der Waals surface area contributed by atoms with Gasteiger partial charge >= 0.3 is 6.09 Å². The van der Waals surface area contributed by atoms with Crippen LogP contribution in [0.15, 0.2) is 66.7 Å². The number of fused-ring (bicyclic) bond motifs is 1. The molecule has 0 aromatic heterocycles. The van der Waals surface area contributed by atoms with Gasteiger partial charge in [-0.25, -0.2) is 13.6 Å². The van der Waals surface area contributed by atoms with E-state index in [1.807, 2.05) is 45.9 Å². The highest BCUT2D eigenvalue weighted by Crippen LogP contribution is 2.38. The van der Waals surface area contributed by atoms with Crippen LogP contribution in [-0.4, -0.2) is 42.6 Å². The topological polar surface area (TPSA) is 89.1 Å². The van der Waals surface area contributed by atoms with Gasteiger partial charge in [0.05, 0.1) is 36.5 Å². The summed E-state index contributed by atoms with van der Waals surface area (Å²) >= 11 is 0. The highest BCUT2D eigenvalue weighted by molar-refractivity contribution is 5.70. The largest absolute Gasteiger partial charge is 0.491 e. The number of benzene rings is 3. The van der Waals surface area contributed by atoms with Crippen molar-refractivity contribution in [3.8, 4) is 11.5 Å². The van der Waals surface area contributed by atoms with Crippen LogP contribution in [0.1, 0.15) is 50.4 Å². The third kappa shape index (κ3) is 7.78. The first-order valence-electron chi connectivity index (χ1n) is 13.3. The van der Waals surface area contributed by atoms with Crippen LogP contribution >= 0.6 is 0 Å². The maximum Gasteiger partial charge on any atom is 0.412 e. The molecule has 214 valence electrons. The van der Waals surface area contributed by atoms with Gasteiger partial charge in [0.25, 0.3) is 0 Å². The Morgan fingerprint density at radius 1 is 1.05 bits per heavy atom. The molecule has 0 aliphatic carbocycles. The molecule has 1 amide bonds. The lowest BCUT2D eigenvalue weighted by atomic mass is 9.86. The first-order valence-corrected chi connectivity index (χ1v) is 13.3. The number of nitrogens with one attached hydrogen (secondary N) is 2. The summed E-state index contributed by atoms with van der Waals surface area (Å²) in [6, 6.07) is 16.3. The molecule has 1 aliphatic rings. The number of amides is 1. The van der Waals surface area contributed by atoms with Crippen LogP contribution in [0.4, 0.5) is 13.6 Å². The SMILES string of the molecule is CC(C)Oc1ccc2c(c1)C(NCC(O)C(Cc1cc(F)cc(F)c1)NC(=O)Oc1ccccc1)COC2(C)C. The summed E-state index contributed by atoms with van der Waals surface area (Å²) < 4.78 is 45.1. The van der Waals surface area contributed by atoms with E-state index in [9.17, 15) is 18.7 Å². The molecular weight excluding hydrogens is 518 g/mol. The molecule has 7 nitrogen and oxygen atoms in total. The highest BCUT2D eigenvalue weighted by Gasteiger charge is 2.34. The first kappa shape index (κ1) is 29.5. The standard InChI is InChI=1S/C31H36F2N2O5/c1-19(2)39-24-10-11-26-25(16-24)28(18-38-31(26,3)4)34-17-29(36)27(14-20-12-21(32)15-22(33)13-20)35-30(37)40-23-8-6-5-7-9-23/h5-13,15-16,19,27-29,34,36H,14,17-18H2,1-4H3,(H,35,37). The molecule has 0 radical (unpaired) electrons. The van der Waals surface area contributed by atoms with Crippen molar-refractivity contribution in [2.24, 2.45) is 0 Å². The Bertz CT molecular complexity index is 1280. The number of carbonyl (C=O) groups is 1. The van der Waals surface area contributed by atoms with Gasteiger partial charge < -0.3 is 30.0 Å². The van der Waals surface area contributed by atoms with Gasteiger partial charge in [0, 0.05) is 12.6 Å². The molecule has 1 aliphatic heterocycles. The van der Waals surface area contributed by atoms with Gasteiger partial charge in [-0.05, 0) is 87.2 Å². The minimum absolute atomic E-state index is 0.00858. The zero-order chi connectivity index (χ0) is 28.9. The number of carbonyl (C=O) groups excluding carboxylic acids is 1. The summed E-state index contributed by atoms with van der Waals surface area (Å²) in [6.45, 7) is 8.31. The highest BCUT2D eigenvalue weighted by atomic mass is 19.1. The zero-order valence-corrected chi connectivity index (χ0v) is 23.1. The summed E-state index contributed by atoms with van der Waals surface area (Å²) in [5.74, 6) is -0.436. The molecule has 0 saturated heterocycles. The molecule has 0 spiro atoms. The van der Waals surface area contributed by atoms with Crippen molar-refractivity contribution in [1.29, 1.82) is 0 Å². The fraction of sp³-hybridized carbons (Fsp3) is 0.387. The molecule has 3 aromatic carbocycles. The molecule has 9 heteroatoms. The molecule has 1 heterocycles. The summed E-state index contributed by atoms with van der Waals surface area (Å²) in [6.07, 6.45) is -1.95. The maximum absolute atomic E-state index is 13.9. The van der Waals surface area contributed by atoms with Crippen molar-refractivity contribution < 1.29 is 32.9 Å².